The van der Waals surface area contributed by atoms with E-state index in [0.29, 0.717) is 13.2 Å². The number of hydrogen-bond acceptors (Lipinski definition) is 4. The molecule has 6 nitrogen and oxygen atoms in total. The Morgan fingerprint density at radius 1 is 1.10 bits per heavy atom. The van der Waals surface area contributed by atoms with Crippen LogP contribution in [-0.4, -0.2) is 74.7 Å². The topological polar surface area (TPSA) is 52.1 Å². The molecule has 0 aliphatic carbocycles. The lowest BCUT2D eigenvalue weighted by molar-refractivity contribution is 0.0173. The summed E-state index contributed by atoms with van der Waals surface area (Å²) in [7, 11) is 4.10. The smallest absolute Gasteiger partial charge is 0.191 e. The van der Waals surface area contributed by atoms with E-state index in [-0.39, 0.29) is 5.54 Å². The largest absolute Gasteiger partial charge is 0.494 e. The third kappa shape index (κ3) is 5.88. The van der Waals surface area contributed by atoms with Crippen LogP contribution in [0.1, 0.15) is 50.2 Å². The van der Waals surface area contributed by atoms with Gasteiger partial charge in [-0.05, 0) is 84.4 Å². The van der Waals surface area contributed by atoms with Crippen molar-refractivity contribution in [2.24, 2.45) is 4.99 Å². The maximum atomic E-state index is 5.83. The van der Waals surface area contributed by atoms with Crippen LogP contribution < -0.4 is 15.4 Å². The lowest BCUT2D eigenvalue weighted by atomic mass is 9.84. The van der Waals surface area contributed by atoms with Crippen molar-refractivity contribution in [2.45, 2.75) is 58.0 Å². The molecule has 0 amide bonds. The molecular formula is C24H41N5O. The SMILES string of the molecule is CCOc1cc(C)ccc1CNC(=NC)NCC1(N2CCCCC2)CCN(C)CC1. The Labute approximate surface area is 183 Å². The maximum absolute atomic E-state index is 5.83. The first kappa shape index (κ1) is 22.9. The van der Waals surface area contributed by atoms with Crippen molar-refractivity contribution in [3.63, 3.8) is 0 Å². The van der Waals surface area contributed by atoms with Gasteiger partial charge in [0.2, 0.25) is 0 Å². The summed E-state index contributed by atoms with van der Waals surface area (Å²) >= 11 is 0. The van der Waals surface area contributed by atoms with Crippen molar-refractivity contribution in [1.29, 1.82) is 0 Å². The highest BCUT2D eigenvalue weighted by molar-refractivity contribution is 5.79. The van der Waals surface area contributed by atoms with Crippen LogP contribution in [0, 0.1) is 6.92 Å². The van der Waals surface area contributed by atoms with Crippen LogP contribution in [0.4, 0.5) is 0 Å². The van der Waals surface area contributed by atoms with E-state index in [2.05, 4.69) is 57.6 Å². The summed E-state index contributed by atoms with van der Waals surface area (Å²) in [5.41, 5.74) is 2.62. The van der Waals surface area contributed by atoms with Gasteiger partial charge < -0.3 is 20.3 Å². The quantitative estimate of drug-likeness (QED) is 0.530. The molecule has 0 unspecified atom stereocenters. The van der Waals surface area contributed by atoms with Crippen molar-refractivity contribution in [1.82, 2.24) is 20.4 Å². The highest BCUT2D eigenvalue weighted by atomic mass is 16.5. The molecule has 0 aromatic heterocycles. The van der Waals surface area contributed by atoms with Crippen LogP contribution in [0.2, 0.25) is 0 Å². The molecule has 168 valence electrons. The van der Waals surface area contributed by atoms with Crippen molar-refractivity contribution < 1.29 is 4.74 Å². The Kier molecular flexibility index (Phi) is 8.40. The van der Waals surface area contributed by atoms with Gasteiger partial charge in [0.05, 0.1) is 6.61 Å². The number of ether oxygens (including phenoxy) is 1. The van der Waals surface area contributed by atoms with Crippen molar-refractivity contribution in [3.05, 3.63) is 29.3 Å². The van der Waals surface area contributed by atoms with Crippen LogP contribution >= 0.6 is 0 Å². The predicted molar refractivity (Wildman–Crippen MR) is 125 cm³/mol. The fraction of sp³-hybridized carbons (Fsp3) is 0.708. The summed E-state index contributed by atoms with van der Waals surface area (Å²) in [6.07, 6.45) is 6.48. The summed E-state index contributed by atoms with van der Waals surface area (Å²) < 4.78 is 5.83. The molecule has 0 saturated carbocycles. The molecule has 2 N–H and O–H groups in total. The molecule has 2 aliphatic rings. The number of hydrogen-bond donors (Lipinski definition) is 2. The Morgan fingerprint density at radius 2 is 1.83 bits per heavy atom. The summed E-state index contributed by atoms with van der Waals surface area (Å²) in [4.78, 5) is 9.72. The number of nitrogens with one attached hydrogen (secondary N) is 2. The highest BCUT2D eigenvalue weighted by Gasteiger charge is 2.39. The van der Waals surface area contributed by atoms with E-state index >= 15 is 0 Å². The van der Waals surface area contributed by atoms with E-state index in [1.165, 1.54) is 63.8 Å². The minimum absolute atomic E-state index is 0.241. The predicted octanol–water partition coefficient (Wildman–Crippen LogP) is 3.01. The minimum atomic E-state index is 0.241. The van der Waals surface area contributed by atoms with Gasteiger partial charge in [-0.2, -0.15) is 0 Å². The summed E-state index contributed by atoms with van der Waals surface area (Å²) in [5, 5.41) is 7.17. The number of guanidine groups is 1. The van der Waals surface area contributed by atoms with Crippen LogP contribution in [-0.2, 0) is 6.54 Å². The standard InChI is InChI=1S/C24H41N5O/c1-5-30-22-17-20(2)9-10-21(22)18-26-23(25-3)27-19-24(11-15-28(4)16-12-24)29-13-7-6-8-14-29/h9-10,17H,5-8,11-16,18-19H2,1-4H3,(H2,25,26,27). The second kappa shape index (κ2) is 11.0. The van der Waals surface area contributed by atoms with Gasteiger partial charge in [-0.3, -0.25) is 9.89 Å². The van der Waals surface area contributed by atoms with Gasteiger partial charge in [0.1, 0.15) is 5.75 Å². The molecule has 2 heterocycles. The second-order valence-corrected chi connectivity index (χ2v) is 8.90. The van der Waals surface area contributed by atoms with Crippen LogP contribution in [0.15, 0.2) is 23.2 Å². The number of rotatable bonds is 7. The molecule has 30 heavy (non-hydrogen) atoms. The molecule has 0 atom stereocenters. The molecule has 3 rings (SSSR count). The summed E-state index contributed by atoms with van der Waals surface area (Å²) in [5.74, 6) is 1.83. The zero-order valence-electron chi connectivity index (χ0n) is 19.5. The van der Waals surface area contributed by atoms with E-state index in [4.69, 9.17) is 4.74 Å². The molecule has 1 aromatic rings. The van der Waals surface area contributed by atoms with E-state index in [0.717, 1.165) is 23.8 Å². The monoisotopic (exact) mass is 415 g/mol. The highest BCUT2D eigenvalue weighted by Crippen LogP contribution is 2.31. The average molecular weight is 416 g/mol. The normalized spacial score (nSPS) is 20.7. The summed E-state index contributed by atoms with van der Waals surface area (Å²) in [6.45, 7) is 11.3. The molecule has 6 heteroatoms. The Hall–Kier alpha value is -1.79. The zero-order chi connectivity index (χ0) is 21.4. The molecule has 2 fully saturated rings. The third-order valence-electron chi connectivity index (χ3n) is 6.72. The lowest BCUT2D eigenvalue weighted by Crippen LogP contribution is -2.62. The molecule has 2 aliphatic heterocycles. The molecule has 2 saturated heterocycles. The number of nitrogens with zero attached hydrogens (tertiary/aromatic N) is 3. The molecule has 0 radical (unpaired) electrons. The Morgan fingerprint density at radius 3 is 2.50 bits per heavy atom. The van der Waals surface area contributed by atoms with Gasteiger partial charge in [-0.1, -0.05) is 18.6 Å². The fourth-order valence-electron chi connectivity index (χ4n) is 4.75. The second-order valence-electron chi connectivity index (χ2n) is 8.90. The van der Waals surface area contributed by atoms with E-state index in [1.807, 2.05) is 14.0 Å². The Bertz CT molecular complexity index is 691. The zero-order valence-corrected chi connectivity index (χ0v) is 19.5. The minimum Gasteiger partial charge on any atom is -0.494 e. The van der Waals surface area contributed by atoms with Gasteiger partial charge in [0.25, 0.3) is 0 Å². The van der Waals surface area contributed by atoms with Gasteiger partial charge in [0.15, 0.2) is 5.96 Å². The van der Waals surface area contributed by atoms with Crippen LogP contribution in [0.5, 0.6) is 5.75 Å². The number of benzene rings is 1. The van der Waals surface area contributed by atoms with Crippen molar-refractivity contribution in [2.75, 3.05) is 53.4 Å². The number of likely N-dealkylation sites (tertiary alicyclic amines) is 2. The van der Waals surface area contributed by atoms with Crippen LogP contribution in [0.25, 0.3) is 0 Å². The number of piperidine rings is 2. The van der Waals surface area contributed by atoms with E-state index in [1.54, 1.807) is 0 Å². The molecule has 0 spiro atoms. The number of aryl methyl sites for hydroxylation is 1. The first-order valence-corrected chi connectivity index (χ1v) is 11.7. The first-order chi connectivity index (χ1) is 14.6. The number of aliphatic imine (C=N–C) groups is 1. The third-order valence-corrected chi connectivity index (χ3v) is 6.72. The molecule has 1 aromatic carbocycles. The van der Waals surface area contributed by atoms with E-state index in [9.17, 15) is 0 Å². The van der Waals surface area contributed by atoms with Gasteiger partial charge in [0, 0.05) is 31.2 Å². The molecule has 0 bridgehead atoms. The molecular weight excluding hydrogens is 374 g/mol. The average Bonchev–Trinajstić information content (AvgIpc) is 2.77. The fourth-order valence-corrected chi connectivity index (χ4v) is 4.75. The summed E-state index contributed by atoms with van der Waals surface area (Å²) in [6, 6.07) is 6.40. The van der Waals surface area contributed by atoms with Crippen LogP contribution in [0.3, 0.4) is 0 Å². The van der Waals surface area contributed by atoms with Crippen molar-refractivity contribution in [3.8, 4) is 5.75 Å². The van der Waals surface area contributed by atoms with Gasteiger partial charge in [-0.25, -0.2) is 0 Å². The van der Waals surface area contributed by atoms with E-state index < -0.39 is 0 Å². The maximum Gasteiger partial charge on any atom is 0.191 e. The van der Waals surface area contributed by atoms with Gasteiger partial charge in [-0.15, -0.1) is 0 Å². The first-order valence-electron chi connectivity index (χ1n) is 11.7. The van der Waals surface area contributed by atoms with Gasteiger partial charge >= 0.3 is 0 Å². The lowest BCUT2D eigenvalue weighted by Gasteiger charge is -2.50. The van der Waals surface area contributed by atoms with Crippen molar-refractivity contribution >= 4 is 5.96 Å². The Balaban J connectivity index is 1.62.